The van der Waals surface area contributed by atoms with E-state index in [1.165, 1.54) is 19.8 Å². The second kappa shape index (κ2) is 13.5. The van der Waals surface area contributed by atoms with E-state index in [-0.39, 0.29) is 5.97 Å². The number of methoxy groups -OCH3 is 2. The maximum atomic E-state index is 10.7. The third-order valence-electron chi connectivity index (χ3n) is 1.71. The van der Waals surface area contributed by atoms with Gasteiger partial charge in [0.2, 0.25) is 5.78 Å². The van der Waals surface area contributed by atoms with E-state index in [4.69, 9.17) is 0 Å². The van der Waals surface area contributed by atoms with Crippen LogP contribution in [-0.4, -0.2) is 31.9 Å². The Kier molecular flexibility index (Phi) is 15.7. The molecule has 0 atom stereocenters. The Bertz CT molecular complexity index is 370. The van der Waals surface area contributed by atoms with Gasteiger partial charge < -0.3 is 9.47 Å². The van der Waals surface area contributed by atoms with Crippen LogP contribution in [0, 0.1) is 0 Å². The molecule has 0 radical (unpaired) electrons. The van der Waals surface area contributed by atoms with Crippen LogP contribution in [0.5, 0.6) is 0 Å². The first kappa shape index (κ1) is 23.2. The molecule has 0 fully saturated rings. The summed E-state index contributed by atoms with van der Waals surface area (Å²) >= 11 is 0. The molecule has 0 saturated carbocycles. The lowest BCUT2D eigenvalue weighted by molar-refractivity contribution is -0.150. The first-order valence-electron chi connectivity index (χ1n) is 5.94. The predicted molar refractivity (Wildman–Crippen MR) is 79.2 cm³/mol. The molecule has 116 valence electrons. The lowest BCUT2D eigenvalue weighted by Gasteiger charge is -1.98. The third-order valence-corrected chi connectivity index (χ3v) is 1.71. The van der Waals surface area contributed by atoms with Gasteiger partial charge in [-0.3, -0.25) is 4.79 Å². The van der Waals surface area contributed by atoms with E-state index in [2.05, 4.69) is 16.1 Å². The molecule has 5 nitrogen and oxygen atoms in total. The standard InChI is InChI=1S/C7H12O2.C4H6O3.C4H8/c1-5(2)6(3)7(8)9-4;1-3(5)4(6)7-2;1-4(2)3/h1-4H3;1-2H3;1H2,2-3H3. The van der Waals surface area contributed by atoms with Crippen molar-refractivity contribution in [3.8, 4) is 0 Å². The number of allylic oxidation sites excluding steroid dienone is 2. The zero-order chi connectivity index (χ0) is 16.9. The zero-order valence-electron chi connectivity index (χ0n) is 13.7. The predicted octanol–water partition coefficient (Wildman–Crippen LogP) is 2.85. The van der Waals surface area contributed by atoms with Crippen LogP contribution in [0.2, 0.25) is 0 Å². The molecular formula is C15H26O5. The van der Waals surface area contributed by atoms with Gasteiger partial charge >= 0.3 is 11.9 Å². The maximum absolute atomic E-state index is 10.7. The van der Waals surface area contributed by atoms with Gasteiger partial charge in [-0.25, -0.2) is 9.59 Å². The topological polar surface area (TPSA) is 69.7 Å². The molecule has 0 aliphatic heterocycles. The quantitative estimate of drug-likeness (QED) is 0.338. The number of hydrogen-bond acceptors (Lipinski definition) is 5. The SMILES string of the molecule is C=C(C)C.COC(=O)C(C)=C(C)C.COC(=O)C(C)=O. The lowest BCUT2D eigenvalue weighted by atomic mass is 10.2. The number of Topliss-reactive ketones (excluding diaryl/α,β-unsaturated/α-hetero) is 1. The van der Waals surface area contributed by atoms with Crippen molar-refractivity contribution in [1.29, 1.82) is 0 Å². The number of carbonyl (C=O) groups is 3. The number of rotatable bonds is 2. The number of hydrogen-bond donors (Lipinski definition) is 0. The smallest absolute Gasteiger partial charge is 0.374 e. The average molecular weight is 286 g/mol. The summed E-state index contributed by atoms with van der Waals surface area (Å²) < 4.78 is 8.50. The summed E-state index contributed by atoms with van der Waals surface area (Å²) in [6.07, 6.45) is 0. The zero-order valence-corrected chi connectivity index (χ0v) is 13.7. The highest BCUT2D eigenvalue weighted by atomic mass is 16.5. The van der Waals surface area contributed by atoms with E-state index >= 15 is 0 Å². The normalized spacial score (nSPS) is 7.80. The van der Waals surface area contributed by atoms with Gasteiger partial charge in [0.25, 0.3) is 0 Å². The van der Waals surface area contributed by atoms with Crippen LogP contribution < -0.4 is 0 Å². The van der Waals surface area contributed by atoms with E-state index in [9.17, 15) is 14.4 Å². The van der Waals surface area contributed by atoms with Gasteiger partial charge in [-0.2, -0.15) is 0 Å². The molecule has 0 saturated heterocycles. The summed E-state index contributed by atoms with van der Waals surface area (Å²) in [5.74, 6) is -1.60. The summed E-state index contributed by atoms with van der Waals surface area (Å²) in [6, 6.07) is 0. The Labute approximate surface area is 121 Å². The van der Waals surface area contributed by atoms with Gasteiger partial charge in [-0.15, -0.1) is 6.58 Å². The van der Waals surface area contributed by atoms with Crippen LogP contribution in [0.1, 0.15) is 41.5 Å². The number of ketones is 1. The van der Waals surface area contributed by atoms with Crippen molar-refractivity contribution in [1.82, 2.24) is 0 Å². The molecule has 0 aromatic carbocycles. The maximum Gasteiger partial charge on any atom is 0.374 e. The monoisotopic (exact) mass is 286 g/mol. The fourth-order valence-electron chi connectivity index (χ4n) is 0.501. The number of carbonyl (C=O) groups excluding carboxylic acids is 3. The highest BCUT2D eigenvalue weighted by Gasteiger charge is 2.03. The average Bonchev–Trinajstić information content (AvgIpc) is 2.35. The Hall–Kier alpha value is -1.91. The molecule has 0 spiro atoms. The van der Waals surface area contributed by atoms with Crippen LogP contribution in [0.25, 0.3) is 0 Å². The summed E-state index contributed by atoms with van der Waals surface area (Å²) in [5.41, 5.74) is 2.86. The van der Waals surface area contributed by atoms with Crippen molar-refractivity contribution in [2.45, 2.75) is 41.5 Å². The third kappa shape index (κ3) is 18.5. The highest BCUT2D eigenvalue weighted by Crippen LogP contribution is 2.02. The van der Waals surface area contributed by atoms with Crippen LogP contribution in [0.4, 0.5) is 0 Å². The molecule has 0 aromatic rings. The molecule has 0 heterocycles. The van der Waals surface area contributed by atoms with Crippen LogP contribution in [0.3, 0.4) is 0 Å². The molecule has 0 aliphatic carbocycles. The summed E-state index contributed by atoms with van der Waals surface area (Å²) in [6.45, 7) is 14.2. The first-order chi connectivity index (χ1) is 9.00. The van der Waals surface area contributed by atoms with Crippen molar-refractivity contribution >= 4 is 17.7 Å². The summed E-state index contributed by atoms with van der Waals surface area (Å²) in [5, 5.41) is 0. The molecule has 0 aromatic heterocycles. The first-order valence-corrected chi connectivity index (χ1v) is 5.94. The van der Waals surface area contributed by atoms with E-state index in [1.54, 1.807) is 6.92 Å². The molecule has 0 rings (SSSR count). The van der Waals surface area contributed by atoms with Crippen LogP contribution in [0.15, 0.2) is 23.3 Å². The molecule has 0 unspecified atom stereocenters. The van der Waals surface area contributed by atoms with E-state index in [0.717, 1.165) is 12.5 Å². The van der Waals surface area contributed by atoms with Crippen molar-refractivity contribution in [2.75, 3.05) is 14.2 Å². The number of ether oxygens (including phenoxy) is 2. The second-order valence-electron chi connectivity index (χ2n) is 4.37. The van der Waals surface area contributed by atoms with Crippen molar-refractivity contribution < 1.29 is 23.9 Å². The van der Waals surface area contributed by atoms with Gasteiger partial charge in [0, 0.05) is 12.5 Å². The molecule has 20 heavy (non-hydrogen) atoms. The lowest BCUT2D eigenvalue weighted by Crippen LogP contribution is -2.10. The Balaban J connectivity index is -0.000000234. The second-order valence-corrected chi connectivity index (χ2v) is 4.37. The molecule has 5 heteroatoms. The van der Waals surface area contributed by atoms with E-state index < -0.39 is 11.8 Å². The molecule has 0 amide bonds. The fraction of sp³-hybridized carbons (Fsp3) is 0.533. The Morgan fingerprint density at radius 2 is 1.05 bits per heavy atom. The van der Waals surface area contributed by atoms with Crippen molar-refractivity contribution in [3.63, 3.8) is 0 Å². The van der Waals surface area contributed by atoms with Gasteiger partial charge in [0.1, 0.15) is 0 Å². The number of esters is 2. The van der Waals surface area contributed by atoms with Gasteiger partial charge in [-0.05, 0) is 34.6 Å². The highest BCUT2D eigenvalue weighted by molar-refractivity contribution is 6.32. The minimum Gasteiger partial charge on any atom is -0.466 e. The van der Waals surface area contributed by atoms with E-state index in [1.807, 2.05) is 27.7 Å². The Morgan fingerprint density at radius 3 is 1.10 bits per heavy atom. The minimum atomic E-state index is -0.792. The minimum absolute atomic E-state index is 0.241. The van der Waals surface area contributed by atoms with E-state index in [0.29, 0.717) is 5.57 Å². The van der Waals surface area contributed by atoms with Crippen LogP contribution in [-0.2, 0) is 23.9 Å². The van der Waals surface area contributed by atoms with Crippen molar-refractivity contribution in [2.24, 2.45) is 0 Å². The van der Waals surface area contributed by atoms with Gasteiger partial charge in [-0.1, -0.05) is 11.1 Å². The summed E-state index contributed by atoms with van der Waals surface area (Å²) in [7, 11) is 2.55. The molecular weight excluding hydrogens is 260 g/mol. The van der Waals surface area contributed by atoms with Crippen LogP contribution >= 0.6 is 0 Å². The van der Waals surface area contributed by atoms with Gasteiger partial charge in [0.15, 0.2) is 0 Å². The summed E-state index contributed by atoms with van der Waals surface area (Å²) in [4.78, 5) is 30.5. The van der Waals surface area contributed by atoms with Gasteiger partial charge in [0.05, 0.1) is 14.2 Å². The molecule has 0 bridgehead atoms. The molecule has 0 N–H and O–H groups in total. The molecule has 0 aliphatic rings. The van der Waals surface area contributed by atoms with Crippen molar-refractivity contribution in [3.05, 3.63) is 23.3 Å². The fourth-order valence-corrected chi connectivity index (χ4v) is 0.501. The largest absolute Gasteiger partial charge is 0.466 e. The Morgan fingerprint density at radius 1 is 0.750 bits per heavy atom.